The zero-order chi connectivity index (χ0) is 18.2. The van der Waals surface area contributed by atoms with Gasteiger partial charge in [-0.05, 0) is 35.8 Å². The fourth-order valence-electron chi connectivity index (χ4n) is 2.52. The highest BCUT2D eigenvalue weighted by molar-refractivity contribution is 6.14. The standard InChI is InChI=1S/C21H21NO3/c1-4-5-15-6-9-17(10-7-15)21(23)18(14-22)12-16-8-11-19(24-2)20(13-16)25-3/h6-13H,4-5H2,1-3H3/b18-12+. The second-order valence-corrected chi connectivity index (χ2v) is 5.56. The summed E-state index contributed by atoms with van der Waals surface area (Å²) in [4.78, 5) is 12.6. The molecule has 0 aliphatic rings. The van der Waals surface area contributed by atoms with E-state index in [9.17, 15) is 10.1 Å². The number of carbonyl (C=O) groups excluding carboxylic acids is 1. The summed E-state index contributed by atoms with van der Waals surface area (Å²) >= 11 is 0. The molecule has 0 fully saturated rings. The van der Waals surface area contributed by atoms with Crippen LogP contribution in [0, 0.1) is 11.3 Å². The smallest absolute Gasteiger partial charge is 0.203 e. The van der Waals surface area contributed by atoms with Crippen LogP contribution in [-0.2, 0) is 6.42 Å². The maximum atomic E-state index is 12.6. The Morgan fingerprint density at radius 1 is 1.08 bits per heavy atom. The van der Waals surface area contributed by atoms with Crippen molar-refractivity contribution in [3.8, 4) is 17.6 Å². The summed E-state index contributed by atoms with van der Waals surface area (Å²) < 4.78 is 10.4. The molecule has 0 aromatic heterocycles. The molecular weight excluding hydrogens is 314 g/mol. The van der Waals surface area contributed by atoms with Crippen molar-refractivity contribution in [2.75, 3.05) is 14.2 Å². The summed E-state index contributed by atoms with van der Waals surface area (Å²) in [6.07, 6.45) is 3.58. The lowest BCUT2D eigenvalue weighted by Gasteiger charge is -2.08. The number of hydrogen-bond acceptors (Lipinski definition) is 4. The van der Waals surface area contributed by atoms with Crippen LogP contribution in [0.2, 0.25) is 0 Å². The van der Waals surface area contributed by atoms with Gasteiger partial charge in [-0.25, -0.2) is 0 Å². The maximum absolute atomic E-state index is 12.6. The third kappa shape index (κ3) is 4.48. The number of Topliss-reactive ketones (excluding diaryl/α,β-unsaturated/α-hetero) is 1. The molecule has 25 heavy (non-hydrogen) atoms. The molecule has 0 radical (unpaired) electrons. The number of rotatable bonds is 7. The third-order valence-corrected chi connectivity index (χ3v) is 3.84. The van der Waals surface area contributed by atoms with E-state index < -0.39 is 0 Å². The van der Waals surface area contributed by atoms with E-state index in [1.165, 1.54) is 5.56 Å². The SMILES string of the molecule is CCCc1ccc(C(=O)/C(C#N)=C/c2ccc(OC)c(OC)c2)cc1. The van der Waals surface area contributed by atoms with E-state index in [1.54, 1.807) is 50.6 Å². The highest BCUT2D eigenvalue weighted by Gasteiger charge is 2.13. The lowest BCUT2D eigenvalue weighted by molar-refractivity contribution is 0.104. The molecule has 2 rings (SSSR count). The Kier molecular flexibility index (Phi) is 6.36. The molecule has 0 unspecified atom stereocenters. The highest BCUT2D eigenvalue weighted by atomic mass is 16.5. The average Bonchev–Trinajstić information content (AvgIpc) is 2.66. The first-order valence-corrected chi connectivity index (χ1v) is 8.10. The van der Waals surface area contributed by atoms with Crippen LogP contribution in [0.1, 0.15) is 34.8 Å². The van der Waals surface area contributed by atoms with Crippen molar-refractivity contribution in [2.45, 2.75) is 19.8 Å². The van der Waals surface area contributed by atoms with Crippen molar-refractivity contribution in [3.63, 3.8) is 0 Å². The average molecular weight is 335 g/mol. The monoisotopic (exact) mass is 335 g/mol. The molecule has 128 valence electrons. The van der Waals surface area contributed by atoms with Crippen molar-refractivity contribution in [1.82, 2.24) is 0 Å². The number of aryl methyl sites for hydroxylation is 1. The molecular formula is C21H21NO3. The van der Waals surface area contributed by atoms with Crippen molar-refractivity contribution < 1.29 is 14.3 Å². The number of ether oxygens (including phenoxy) is 2. The van der Waals surface area contributed by atoms with E-state index in [0.29, 0.717) is 22.6 Å². The van der Waals surface area contributed by atoms with Crippen LogP contribution in [0.15, 0.2) is 48.0 Å². The Balaban J connectivity index is 2.30. The van der Waals surface area contributed by atoms with Crippen molar-refractivity contribution in [3.05, 3.63) is 64.7 Å². The topological polar surface area (TPSA) is 59.3 Å². The Hall–Kier alpha value is -3.06. The first-order chi connectivity index (χ1) is 12.1. The van der Waals surface area contributed by atoms with Gasteiger partial charge in [0.1, 0.15) is 11.6 Å². The Bertz CT molecular complexity index is 814. The van der Waals surface area contributed by atoms with E-state index in [-0.39, 0.29) is 11.4 Å². The summed E-state index contributed by atoms with van der Waals surface area (Å²) in [5.41, 5.74) is 2.47. The minimum Gasteiger partial charge on any atom is -0.493 e. The van der Waals surface area contributed by atoms with Crippen LogP contribution >= 0.6 is 0 Å². The van der Waals surface area contributed by atoms with Crippen LogP contribution in [0.25, 0.3) is 6.08 Å². The number of nitrogens with zero attached hydrogens (tertiary/aromatic N) is 1. The van der Waals surface area contributed by atoms with Gasteiger partial charge in [0, 0.05) is 5.56 Å². The quantitative estimate of drug-likeness (QED) is 0.426. The molecule has 2 aromatic carbocycles. The van der Waals surface area contributed by atoms with Crippen LogP contribution in [0.5, 0.6) is 11.5 Å². The Morgan fingerprint density at radius 3 is 2.32 bits per heavy atom. The lowest BCUT2D eigenvalue weighted by Crippen LogP contribution is -2.02. The number of methoxy groups -OCH3 is 2. The predicted octanol–water partition coefficient (Wildman–Crippen LogP) is 4.45. The summed E-state index contributed by atoms with van der Waals surface area (Å²) in [6, 6.07) is 14.6. The van der Waals surface area contributed by atoms with Gasteiger partial charge in [-0.3, -0.25) is 4.79 Å². The van der Waals surface area contributed by atoms with E-state index in [1.807, 2.05) is 18.2 Å². The second kappa shape index (κ2) is 8.70. The number of allylic oxidation sites excluding steroid dienone is 1. The van der Waals surface area contributed by atoms with Gasteiger partial charge < -0.3 is 9.47 Å². The lowest BCUT2D eigenvalue weighted by atomic mass is 10.00. The van der Waals surface area contributed by atoms with Gasteiger partial charge in [0.25, 0.3) is 0 Å². The molecule has 0 saturated heterocycles. The number of carbonyl (C=O) groups is 1. The minimum atomic E-state index is -0.291. The molecule has 0 aliphatic heterocycles. The van der Waals surface area contributed by atoms with E-state index >= 15 is 0 Å². The van der Waals surface area contributed by atoms with Crippen molar-refractivity contribution in [1.29, 1.82) is 5.26 Å². The molecule has 0 atom stereocenters. The van der Waals surface area contributed by atoms with Gasteiger partial charge >= 0.3 is 0 Å². The van der Waals surface area contributed by atoms with Gasteiger partial charge in [0.15, 0.2) is 11.5 Å². The van der Waals surface area contributed by atoms with Crippen molar-refractivity contribution >= 4 is 11.9 Å². The van der Waals surface area contributed by atoms with Crippen molar-refractivity contribution in [2.24, 2.45) is 0 Å². The largest absolute Gasteiger partial charge is 0.493 e. The molecule has 2 aromatic rings. The normalized spacial score (nSPS) is 10.9. The number of benzene rings is 2. The fourth-order valence-corrected chi connectivity index (χ4v) is 2.52. The van der Waals surface area contributed by atoms with Crippen LogP contribution in [0.4, 0.5) is 0 Å². The molecule has 4 heteroatoms. The number of ketones is 1. The predicted molar refractivity (Wildman–Crippen MR) is 97.9 cm³/mol. The zero-order valence-corrected chi connectivity index (χ0v) is 14.7. The van der Waals surface area contributed by atoms with Gasteiger partial charge in [0.2, 0.25) is 5.78 Å². The third-order valence-electron chi connectivity index (χ3n) is 3.84. The fraction of sp³-hybridized carbons (Fsp3) is 0.238. The molecule has 0 N–H and O–H groups in total. The first kappa shape index (κ1) is 18.3. The first-order valence-electron chi connectivity index (χ1n) is 8.10. The minimum absolute atomic E-state index is 0.0791. The van der Waals surface area contributed by atoms with Gasteiger partial charge in [0.05, 0.1) is 14.2 Å². The van der Waals surface area contributed by atoms with Gasteiger partial charge in [-0.15, -0.1) is 0 Å². The van der Waals surface area contributed by atoms with Gasteiger partial charge in [-0.1, -0.05) is 43.7 Å². The summed E-state index contributed by atoms with van der Waals surface area (Å²) in [5, 5.41) is 9.39. The highest BCUT2D eigenvalue weighted by Crippen LogP contribution is 2.28. The molecule has 4 nitrogen and oxygen atoms in total. The summed E-state index contributed by atoms with van der Waals surface area (Å²) in [6.45, 7) is 2.11. The molecule has 0 amide bonds. The molecule has 0 aliphatic carbocycles. The van der Waals surface area contributed by atoms with Crippen LogP contribution < -0.4 is 9.47 Å². The molecule has 0 spiro atoms. The van der Waals surface area contributed by atoms with E-state index in [0.717, 1.165) is 12.8 Å². The van der Waals surface area contributed by atoms with Crippen LogP contribution in [-0.4, -0.2) is 20.0 Å². The zero-order valence-electron chi connectivity index (χ0n) is 14.7. The molecule has 0 heterocycles. The summed E-state index contributed by atoms with van der Waals surface area (Å²) in [7, 11) is 3.10. The maximum Gasteiger partial charge on any atom is 0.203 e. The van der Waals surface area contributed by atoms with E-state index in [2.05, 4.69) is 6.92 Å². The van der Waals surface area contributed by atoms with Crippen LogP contribution in [0.3, 0.4) is 0 Å². The van der Waals surface area contributed by atoms with Gasteiger partial charge in [-0.2, -0.15) is 5.26 Å². The summed E-state index contributed by atoms with van der Waals surface area (Å²) in [5.74, 6) is 0.848. The Morgan fingerprint density at radius 2 is 1.76 bits per heavy atom. The molecule has 0 bridgehead atoms. The Labute approximate surface area is 148 Å². The second-order valence-electron chi connectivity index (χ2n) is 5.56. The number of hydrogen-bond donors (Lipinski definition) is 0. The number of nitriles is 1. The molecule has 0 saturated carbocycles. The van der Waals surface area contributed by atoms with E-state index in [4.69, 9.17) is 9.47 Å².